The second-order valence-electron chi connectivity index (χ2n) is 5.05. The molecule has 0 aliphatic carbocycles. The molecule has 1 N–H and O–H groups in total. The summed E-state index contributed by atoms with van der Waals surface area (Å²) in [6.07, 6.45) is 3.53. The van der Waals surface area contributed by atoms with E-state index in [1.807, 2.05) is 0 Å². The summed E-state index contributed by atoms with van der Waals surface area (Å²) in [4.78, 5) is 32.9. The first-order valence-electron chi connectivity index (χ1n) is 7.01. The van der Waals surface area contributed by atoms with E-state index in [2.05, 4.69) is 9.97 Å². The van der Waals surface area contributed by atoms with E-state index in [0.717, 1.165) is 0 Å². The number of thioether (sulfide) groups is 1. The lowest BCUT2D eigenvalue weighted by molar-refractivity contribution is -0.138. The molecular formula is C14H19N3O5S. The zero-order valence-electron chi connectivity index (χ0n) is 13.1. The molecule has 0 spiro atoms. The number of aromatic nitrogens is 2. The molecule has 1 unspecified atom stereocenters. The van der Waals surface area contributed by atoms with Gasteiger partial charge in [0, 0.05) is 13.3 Å². The predicted molar refractivity (Wildman–Crippen MR) is 84.2 cm³/mol. The van der Waals surface area contributed by atoms with Crippen molar-refractivity contribution in [1.82, 2.24) is 9.97 Å². The quantitative estimate of drug-likeness (QED) is 0.436. The Hall–Kier alpha value is -1.71. The molecule has 1 aliphatic rings. The standard InChI is InChI=1S/C14H19N3O5S/c1-8(13(19)20)17(10-6-22-7-11(10)21-2)12-9(5-18)4-15-14(16-12)23-3/h4-5,8,10-11H,6-7H2,1-3H3,(H,19,20)/t8?,10-,11-/m0/s1. The smallest absolute Gasteiger partial charge is 0.326 e. The molecule has 1 aromatic heterocycles. The lowest BCUT2D eigenvalue weighted by Gasteiger charge is -2.35. The number of ether oxygens (including phenoxy) is 2. The number of nitrogens with zero attached hydrogens (tertiary/aromatic N) is 3. The molecule has 126 valence electrons. The molecule has 0 amide bonds. The van der Waals surface area contributed by atoms with E-state index in [1.54, 1.807) is 25.2 Å². The van der Waals surface area contributed by atoms with Crippen molar-refractivity contribution < 1.29 is 24.2 Å². The van der Waals surface area contributed by atoms with Gasteiger partial charge in [-0.25, -0.2) is 14.8 Å². The van der Waals surface area contributed by atoms with Crippen molar-refractivity contribution in [3.05, 3.63) is 11.8 Å². The molecule has 0 radical (unpaired) electrons. The molecule has 23 heavy (non-hydrogen) atoms. The van der Waals surface area contributed by atoms with Crippen molar-refractivity contribution in [2.24, 2.45) is 0 Å². The maximum Gasteiger partial charge on any atom is 0.326 e. The van der Waals surface area contributed by atoms with E-state index in [1.165, 1.54) is 18.0 Å². The Balaban J connectivity index is 2.53. The SMILES string of the molecule is CO[C@H]1COC[C@@H]1N(c1nc(SC)ncc1C=O)C(C)C(=O)O. The molecule has 8 nitrogen and oxygen atoms in total. The van der Waals surface area contributed by atoms with Gasteiger partial charge in [0.2, 0.25) is 0 Å². The number of hydrogen-bond acceptors (Lipinski definition) is 8. The van der Waals surface area contributed by atoms with Crippen LogP contribution in [0.3, 0.4) is 0 Å². The molecule has 1 aromatic rings. The first kappa shape index (κ1) is 17.6. The number of hydrogen-bond donors (Lipinski definition) is 1. The van der Waals surface area contributed by atoms with Gasteiger partial charge in [-0.2, -0.15) is 0 Å². The average molecular weight is 341 g/mol. The van der Waals surface area contributed by atoms with E-state index in [0.29, 0.717) is 24.7 Å². The number of aliphatic carboxylic acids is 1. The second kappa shape index (κ2) is 7.71. The number of carboxylic acid groups (broad SMARTS) is 1. The Bertz CT molecular complexity index is 586. The van der Waals surface area contributed by atoms with Crippen molar-refractivity contribution >= 4 is 29.8 Å². The van der Waals surface area contributed by atoms with Crippen LogP contribution >= 0.6 is 11.8 Å². The van der Waals surface area contributed by atoms with Gasteiger partial charge in [0.1, 0.15) is 18.0 Å². The van der Waals surface area contributed by atoms with Crippen LogP contribution in [-0.4, -0.2) is 72.1 Å². The zero-order chi connectivity index (χ0) is 17.0. The van der Waals surface area contributed by atoms with E-state index in [4.69, 9.17) is 9.47 Å². The van der Waals surface area contributed by atoms with Gasteiger partial charge in [-0.15, -0.1) is 0 Å². The third-order valence-corrected chi connectivity index (χ3v) is 4.32. The third-order valence-electron chi connectivity index (χ3n) is 3.76. The van der Waals surface area contributed by atoms with Crippen molar-refractivity contribution in [2.75, 3.05) is 31.5 Å². The van der Waals surface area contributed by atoms with Gasteiger partial charge < -0.3 is 19.5 Å². The van der Waals surface area contributed by atoms with Gasteiger partial charge in [-0.05, 0) is 13.2 Å². The third kappa shape index (κ3) is 3.62. The number of methoxy groups -OCH3 is 1. The lowest BCUT2D eigenvalue weighted by Crippen LogP contribution is -2.52. The second-order valence-corrected chi connectivity index (χ2v) is 5.83. The molecule has 0 aromatic carbocycles. The molecule has 0 bridgehead atoms. The molecule has 0 saturated carbocycles. The minimum absolute atomic E-state index is 0.234. The number of carbonyl (C=O) groups excluding carboxylic acids is 1. The van der Waals surface area contributed by atoms with Crippen LogP contribution in [0.25, 0.3) is 0 Å². The summed E-state index contributed by atoms with van der Waals surface area (Å²) in [5.74, 6) is -0.736. The van der Waals surface area contributed by atoms with Gasteiger partial charge >= 0.3 is 5.97 Å². The van der Waals surface area contributed by atoms with Gasteiger partial charge in [0.15, 0.2) is 11.4 Å². The molecule has 3 atom stereocenters. The molecule has 1 aliphatic heterocycles. The van der Waals surface area contributed by atoms with Crippen LogP contribution in [0.1, 0.15) is 17.3 Å². The minimum Gasteiger partial charge on any atom is -0.480 e. The number of carbonyl (C=O) groups is 2. The van der Waals surface area contributed by atoms with Crippen LogP contribution in [0.2, 0.25) is 0 Å². The topological polar surface area (TPSA) is 102 Å². The number of rotatable bonds is 7. The zero-order valence-corrected chi connectivity index (χ0v) is 13.9. The van der Waals surface area contributed by atoms with Crippen LogP contribution in [0.15, 0.2) is 11.4 Å². The van der Waals surface area contributed by atoms with E-state index >= 15 is 0 Å². The molecule has 9 heteroatoms. The van der Waals surface area contributed by atoms with Crippen LogP contribution in [0, 0.1) is 0 Å². The fraction of sp³-hybridized carbons (Fsp3) is 0.571. The Morgan fingerprint density at radius 3 is 2.91 bits per heavy atom. The predicted octanol–water partition coefficient (Wildman–Crippen LogP) is 0.704. The molecule has 1 saturated heterocycles. The summed E-state index contributed by atoms with van der Waals surface area (Å²) in [5, 5.41) is 9.92. The van der Waals surface area contributed by atoms with Crippen molar-refractivity contribution in [3.63, 3.8) is 0 Å². The highest BCUT2D eigenvalue weighted by Crippen LogP contribution is 2.28. The van der Waals surface area contributed by atoms with E-state index < -0.39 is 12.0 Å². The summed E-state index contributed by atoms with van der Waals surface area (Å²) in [7, 11) is 1.55. The van der Waals surface area contributed by atoms with Crippen molar-refractivity contribution in [1.29, 1.82) is 0 Å². The normalized spacial score (nSPS) is 21.9. The Labute approximate surface area is 138 Å². The number of aldehydes is 1. The Morgan fingerprint density at radius 2 is 2.35 bits per heavy atom. The fourth-order valence-corrected chi connectivity index (χ4v) is 2.85. The van der Waals surface area contributed by atoms with Gasteiger partial charge in [-0.3, -0.25) is 4.79 Å². The number of anilines is 1. The van der Waals surface area contributed by atoms with Crippen molar-refractivity contribution in [2.45, 2.75) is 30.3 Å². The van der Waals surface area contributed by atoms with Crippen LogP contribution in [-0.2, 0) is 14.3 Å². The fourth-order valence-electron chi connectivity index (χ4n) is 2.51. The van der Waals surface area contributed by atoms with E-state index in [-0.39, 0.29) is 23.5 Å². The highest BCUT2D eigenvalue weighted by Gasteiger charge is 2.39. The lowest BCUT2D eigenvalue weighted by atomic mass is 10.1. The highest BCUT2D eigenvalue weighted by molar-refractivity contribution is 7.98. The van der Waals surface area contributed by atoms with E-state index in [9.17, 15) is 14.7 Å². The monoisotopic (exact) mass is 341 g/mol. The summed E-state index contributed by atoms with van der Waals surface area (Å²) in [5.41, 5.74) is 0.234. The van der Waals surface area contributed by atoms with Crippen LogP contribution < -0.4 is 4.90 Å². The largest absolute Gasteiger partial charge is 0.480 e. The molecule has 1 fully saturated rings. The van der Waals surface area contributed by atoms with Crippen LogP contribution in [0.5, 0.6) is 0 Å². The average Bonchev–Trinajstić information content (AvgIpc) is 3.03. The van der Waals surface area contributed by atoms with Gasteiger partial charge in [0.25, 0.3) is 0 Å². The summed E-state index contributed by atoms with van der Waals surface area (Å²) in [6.45, 7) is 2.21. The maximum absolute atomic E-state index is 11.6. The molecular weight excluding hydrogens is 322 g/mol. The maximum atomic E-state index is 11.6. The Morgan fingerprint density at radius 1 is 1.61 bits per heavy atom. The molecule has 2 heterocycles. The highest BCUT2D eigenvalue weighted by atomic mass is 32.2. The Kier molecular flexibility index (Phi) is 5.91. The molecule has 2 rings (SSSR count). The summed E-state index contributed by atoms with van der Waals surface area (Å²) < 4.78 is 10.8. The van der Waals surface area contributed by atoms with Crippen LogP contribution in [0.4, 0.5) is 5.82 Å². The first-order chi connectivity index (χ1) is 11.0. The van der Waals surface area contributed by atoms with Gasteiger partial charge in [-0.1, -0.05) is 11.8 Å². The van der Waals surface area contributed by atoms with Crippen molar-refractivity contribution in [3.8, 4) is 0 Å². The first-order valence-corrected chi connectivity index (χ1v) is 8.23. The number of carboxylic acids is 1. The minimum atomic E-state index is -1.02. The van der Waals surface area contributed by atoms with Gasteiger partial charge in [0.05, 0.1) is 24.8 Å². The summed E-state index contributed by atoms with van der Waals surface area (Å²) in [6, 6.07) is -1.25. The summed E-state index contributed by atoms with van der Waals surface area (Å²) >= 11 is 1.31.